The summed E-state index contributed by atoms with van der Waals surface area (Å²) in [5.41, 5.74) is 0.424. The summed E-state index contributed by atoms with van der Waals surface area (Å²) >= 11 is 5.77. The number of carboxylic acids is 1. The lowest BCUT2D eigenvalue weighted by molar-refractivity contribution is -0.154. The molecule has 1 aliphatic rings. The molecule has 0 aliphatic carbocycles. The summed E-state index contributed by atoms with van der Waals surface area (Å²) in [6.07, 6.45) is -1.47. The third-order valence-corrected chi connectivity index (χ3v) is 5.49. The molecular weight excluding hydrogens is 344 g/mol. The van der Waals surface area contributed by atoms with Gasteiger partial charge in [0.25, 0.3) is 0 Å². The summed E-state index contributed by atoms with van der Waals surface area (Å²) in [7, 11) is -3.79. The number of aliphatic carboxylic acids is 1. The van der Waals surface area contributed by atoms with Crippen LogP contribution in [0.15, 0.2) is 46.2 Å². The molecule has 0 saturated carbocycles. The third-order valence-electron chi connectivity index (χ3n) is 3.32. The van der Waals surface area contributed by atoms with E-state index in [1.807, 2.05) is 0 Å². The molecule has 0 saturated heterocycles. The van der Waals surface area contributed by atoms with Crippen LogP contribution in [0.1, 0.15) is 5.56 Å². The minimum Gasteiger partial charge on any atom is -0.476 e. The summed E-state index contributed by atoms with van der Waals surface area (Å²) < 4.78 is 35.7. The number of carbonyl (C=O) groups is 1. The van der Waals surface area contributed by atoms with Gasteiger partial charge in [-0.3, -0.25) is 0 Å². The first-order chi connectivity index (χ1) is 10.8. The van der Waals surface area contributed by atoms with E-state index in [1.165, 1.54) is 36.4 Å². The fourth-order valence-corrected chi connectivity index (χ4v) is 3.83. The quantitative estimate of drug-likeness (QED) is 0.911. The van der Waals surface area contributed by atoms with E-state index < -0.39 is 22.1 Å². The molecule has 23 heavy (non-hydrogen) atoms. The van der Waals surface area contributed by atoms with Crippen molar-refractivity contribution in [3.8, 4) is 11.5 Å². The van der Waals surface area contributed by atoms with Gasteiger partial charge < -0.3 is 14.6 Å². The zero-order valence-corrected chi connectivity index (χ0v) is 13.4. The van der Waals surface area contributed by atoms with Crippen LogP contribution in [0.4, 0.5) is 0 Å². The molecule has 0 fully saturated rings. The second kappa shape index (κ2) is 5.43. The highest BCUT2D eigenvalue weighted by Gasteiger charge is 2.33. The fraction of sp³-hybridized carbons (Fsp3) is 0.133. The molecular formula is C15H11ClO6S. The Labute approximate surface area is 137 Å². The number of aryl methyl sites for hydroxylation is 1. The Kier molecular flexibility index (Phi) is 3.69. The van der Waals surface area contributed by atoms with Crippen molar-refractivity contribution in [2.75, 3.05) is 0 Å². The van der Waals surface area contributed by atoms with E-state index in [9.17, 15) is 13.2 Å². The Morgan fingerprint density at radius 1 is 1.13 bits per heavy atom. The monoisotopic (exact) mass is 354 g/mol. The zero-order chi connectivity index (χ0) is 16.8. The van der Waals surface area contributed by atoms with Crippen molar-refractivity contribution >= 4 is 27.4 Å². The molecule has 1 unspecified atom stereocenters. The van der Waals surface area contributed by atoms with Gasteiger partial charge in [-0.25, -0.2) is 13.2 Å². The molecule has 2 aromatic carbocycles. The molecule has 0 radical (unpaired) electrons. The van der Waals surface area contributed by atoms with Crippen molar-refractivity contribution in [1.82, 2.24) is 0 Å². The van der Waals surface area contributed by atoms with Crippen LogP contribution in [-0.4, -0.2) is 25.8 Å². The standard InChI is InChI=1S/C15H11ClO6S/c1-8-6-11-12(22-15(21-11)14(17)18)7-13(8)23(19,20)10-4-2-9(16)3-5-10/h2-7,15H,1H3,(H,17,18). The number of hydrogen-bond donors (Lipinski definition) is 1. The largest absolute Gasteiger partial charge is 0.476 e. The van der Waals surface area contributed by atoms with Gasteiger partial charge in [-0.15, -0.1) is 0 Å². The van der Waals surface area contributed by atoms with Gasteiger partial charge in [0.05, 0.1) is 9.79 Å². The van der Waals surface area contributed by atoms with Gasteiger partial charge in [0.1, 0.15) is 0 Å². The van der Waals surface area contributed by atoms with Gasteiger partial charge in [0, 0.05) is 11.1 Å². The molecule has 3 rings (SSSR count). The lowest BCUT2D eigenvalue weighted by atomic mass is 10.2. The third kappa shape index (κ3) is 2.73. The van der Waals surface area contributed by atoms with Crippen LogP contribution in [0.25, 0.3) is 0 Å². The highest BCUT2D eigenvalue weighted by atomic mass is 35.5. The number of benzene rings is 2. The van der Waals surface area contributed by atoms with Crippen LogP contribution in [0, 0.1) is 6.92 Å². The minimum absolute atomic E-state index is 0.0215. The molecule has 120 valence electrons. The van der Waals surface area contributed by atoms with Crippen molar-refractivity contribution < 1.29 is 27.8 Å². The molecule has 0 spiro atoms. The number of fused-ring (bicyclic) bond motifs is 1. The highest BCUT2D eigenvalue weighted by molar-refractivity contribution is 7.91. The Hall–Kier alpha value is -2.25. The fourth-order valence-electron chi connectivity index (χ4n) is 2.21. The Bertz CT molecular complexity index is 889. The van der Waals surface area contributed by atoms with E-state index >= 15 is 0 Å². The number of rotatable bonds is 3. The molecule has 1 N–H and O–H groups in total. The normalized spacial score (nSPS) is 16.3. The average molecular weight is 355 g/mol. The predicted molar refractivity (Wildman–Crippen MR) is 80.8 cm³/mol. The highest BCUT2D eigenvalue weighted by Crippen LogP contribution is 2.39. The second-order valence-electron chi connectivity index (χ2n) is 4.93. The van der Waals surface area contributed by atoms with Crippen molar-refractivity contribution in [2.24, 2.45) is 0 Å². The maximum absolute atomic E-state index is 12.7. The smallest absolute Gasteiger partial charge is 0.387 e. The van der Waals surface area contributed by atoms with Crippen molar-refractivity contribution in [3.05, 3.63) is 47.0 Å². The van der Waals surface area contributed by atoms with E-state index in [4.69, 9.17) is 26.2 Å². The minimum atomic E-state index is -3.79. The first-order valence-corrected chi connectivity index (χ1v) is 8.36. The summed E-state index contributed by atoms with van der Waals surface area (Å²) in [5, 5.41) is 9.33. The van der Waals surface area contributed by atoms with Gasteiger partial charge in [0.15, 0.2) is 11.5 Å². The van der Waals surface area contributed by atoms with Crippen LogP contribution in [0.5, 0.6) is 11.5 Å². The molecule has 1 heterocycles. The zero-order valence-electron chi connectivity index (χ0n) is 11.8. The summed E-state index contributed by atoms with van der Waals surface area (Å²) in [4.78, 5) is 11.0. The van der Waals surface area contributed by atoms with E-state index in [2.05, 4.69) is 0 Å². The van der Waals surface area contributed by atoms with Gasteiger partial charge in [-0.2, -0.15) is 0 Å². The number of sulfone groups is 1. The first kappa shape index (κ1) is 15.6. The van der Waals surface area contributed by atoms with Crippen molar-refractivity contribution in [3.63, 3.8) is 0 Å². The molecule has 1 aliphatic heterocycles. The van der Waals surface area contributed by atoms with Crippen LogP contribution in [-0.2, 0) is 14.6 Å². The molecule has 0 amide bonds. The van der Waals surface area contributed by atoms with E-state index in [0.29, 0.717) is 10.6 Å². The van der Waals surface area contributed by atoms with Crippen LogP contribution in [0.2, 0.25) is 5.02 Å². The Balaban J connectivity index is 2.06. The molecule has 1 atom stereocenters. The van der Waals surface area contributed by atoms with Gasteiger partial charge in [0.2, 0.25) is 9.84 Å². The van der Waals surface area contributed by atoms with Crippen LogP contribution < -0.4 is 9.47 Å². The molecule has 8 heteroatoms. The van der Waals surface area contributed by atoms with E-state index in [-0.39, 0.29) is 21.3 Å². The molecule has 0 aromatic heterocycles. The number of ether oxygens (including phenoxy) is 2. The van der Waals surface area contributed by atoms with Crippen LogP contribution >= 0.6 is 11.6 Å². The SMILES string of the molecule is Cc1cc2c(cc1S(=O)(=O)c1ccc(Cl)cc1)OC(C(=O)O)O2. The van der Waals surface area contributed by atoms with Crippen molar-refractivity contribution in [2.45, 2.75) is 23.0 Å². The lowest BCUT2D eigenvalue weighted by Crippen LogP contribution is -2.28. The number of carboxylic acid groups (broad SMARTS) is 1. The first-order valence-electron chi connectivity index (χ1n) is 6.50. The lowest BCUT2D eigenvalue weighted by Gasteiger charge is -2.09. The van der Waals surface area contributed by atoms with Gasteiger partial charge in [-0.05, 0) is 42.8 Å². The summed E-state index contributed by atoms with van der Waals surface area (Å²) in [6.45, 7) is 1.60. The summed E-state index contributed by atoms with van der Waals surface area (Å²) in [5.74, 6) is -1.01. The number of hydrogen-bond acceptors (Lipinski definition) is 5. The average Bonchev–Trinajstić information content (AvgIpc) is 2.90. The maximum Gasteiger partial charge on any atom is 0.387 e. The topological polar surface area (TPSA) is 89.9 Å². The van der Waals surface area contributed by atoms with Crippen molar-refractivity contribution in [1.29, 1.82) is 0 Å². The van der Waals surface area contributed by atoms with Crippen LogP contribution in [0.3, 0.4) is 0 Å². The van der Waals surface area contributed by atoms with Gasteiger partial charge in [-0.1, -0.05) is 11.6 Å². The summed E-state index contributed by atoms with van der Waals surface area (Å²) in [6, 6.07) is 8.50. The molecule has 0 bridgehead atoms. The predicted octanol–water partition coefficient (Wildman–Crippen LogP) is 2.66. The maximum atomic E-state index is 12.7. The Morgan fingerprint density at radius 3 is 2.26 bits per heavy atom. The van der Waals surface area contributed by atoms with Gasteiger partial charge >= 0.3 is 12.3 Å². The second-order valence-corrected chi connectivity index (χ2v) is 7.28. The Morgan fingerprint density at radius 2 is 1.70 bits per heavy atom. The number of halogens is 1. The van der Waals surface area contributed by atoms with E-state index in [0.717, 1.165) is 0 Å². The molecule has 2 aromatic rings. The van der Waals surface area contributed by atoms with E-state index in [1.54, 1.807) is 6.92 Å². The molecule has 6 nitrogen and oxygen atoms in total.